The van der Waals surface area contributed by atoms with Crippen molar-refractivity contribution in [1.29, 1.82) is 0 Å². The summed E-state index contributed by atoms with van der Waals surface area (Å²) in [7, 11) is 0. The molecule has 0 bridgehead atoms. The maximum atomic E-state index is 14.2. The van der Waals surface area contributed by atoms with Gasteiger partial charge in [-0.05, 0) is 30.9 Å². The van der Waals surface area contributed by atoms with Crippen molar-refractivity contribution in [2.45, 2.75) is 45.2 Å². The molecule has 0 spiro atoms. The van der Waals surface area contributed by atoms with Crippen molar-refractivity contribution < 1.29 is 4.39 Å². The highest BCUT2D eigenvalue weighted by Gasteiger charge is 2.23. The molecule has 2 aromatic rings. The van der Waals surface area contributed by atoms with Crippen LogP contribution in [0.15, 0.2) is 18.2 Å². The predicted molar refractivity (Wildman–Crippen MR) is 86.5 cm³/mol. The normalized spacial score (nSPS) is 14.9. The van der Waals surface area contributed by atoms with Gasteiger partial charge in [-0.2, -0.15) is 0 Å². The number of hydrogen-bond donors (Lipinski definition) is 1. The van der Waals surface area contributed by atoms with Gasteiger partial charge in [0.25, 0.3) is 0 Å². The van der Waals surface area contributed by atoms with E-state index >= 15 is 0 Å². The minimum Gasteiger partial charge on any atom is -0.309 e. The lowest BCUT2D eigenvalue weighted by Crippen LogP contribution is -2.15. The second-order valence-electron chi connectivity index (χ2n) is 5.74. The maximum Gasteiger partial charge on any atom is 0.152 e. The van der Waals surface area contributed by atoms with E-state index in [1.807, 2.05) is 0 Å². The fourth-order valence-corrected chi connectivity index (χ4v) is 3.61. The van der Waals surface area contributed by atoms with Gasteiger partial charge in [0.05, 0.1) is 10.7 Å². The SMILES string of the molecule is CC(C)c1nc(-c2cccc(Cl)c2F)sc1CNC1CC1. The molecule has 1 saturated carbocycles. The largest absolute Gasteiger partial charge is 0.309 e. The number of hydrogen-bond acceptors (Lipinski definition) is 3. The molecule has 0 aliphatic heterocycles. The molecule has 0 saturated heterocycles. The van der Waals surface area contributed by atoms with Crippen molar-refractivity contribution in [3.8, 4) is 10.6 Å². The molecule has 0 radical (unpaired) electrons. The van der Waals surface area contributed by atoms with Crippen LogP contribution in [-0.4, -0.2) is 11.0 Å². The van der Waals surface area contributed by atoms with E-state index in [1.54, 1.807) is 29.5 Å². The van der Waals surface area contributed by atoms with E-state index in [0.717, 1.165) is 12.2 Å². The first kappa shape index (κ1) is 14.9. The quantitative estimate of drug-likeness (QED) is 0.839. The molecule has 0 atom stereocenters. The molecule has 112 valence electrons. The van der Waals surface area contributed by atoms with E-state index in [0.29, 0.717) is 22.5 Å². The Kier molecular flexibility index (Phi) is 4.29. The van der Waals surface area contributed by atoms with Gasteiger partial charge < -0.3 is 5.32 Å². The Bertz CT molecular complexity index is 650. The van der Waals surface area contributed by atoms with Gasteiger partial charge in [0, 0.05) is 23.0 Å². The molecular formula is C16H18ClFN2S. The van der Waals surface area contributed by atoms with E-state index in [-0.39, 0.29) is 10.8 Å². The number of aromatic nitrogens is 1. The van der Waals surface area contributed by atoms with Gasteiger partial charge in [-0.15, -0.1) is 11.3 Å². The molecule has 1 heterocycles. The summed E-state index contributed by atoms with van der Waals surface area (Å²) in [5, 5.41) is 4.37. The van der Waals surface area contributed by atoms with Gasteiger partial charge in [-0.1, -0.05) is 31.5 Å². The van der Waals surface area contributed by atoms with Gasteiger partial charge in [0.1, 0.15) is 5.01 Å². The molecule has 1 aliphatic carbocycles. The average Bonchev–Trinajstić information content (AvgIpc) is 3.18. The average molecular weight is 325 g/mol. The van der Waals surface area contributed by atoms with Crippen molar-refractivity contribution in [3.63, 3.8) is 0 Å². The highest BCUT2D eigenvalue weighted by Crippen LogP contribution is 2.35. The summed E-state index contributed by atoms with van der Waals surface area (Å²) in [5.41, 5.74) is 1.55. The first-order valence-corrected chi connectivity index (χ1v) is 8.43. The van der Waals surface area contributed by atoms with E-state index in [1.165, 1.54) is 17.7 Å². The van der Waals surface area contributed by atoms with Crippen molar-refractivity contribution in [3.05, 3.63) is 39.6 Å². The third-order valence-corrected chi connectivity index (χ3v) is 4.98. The molecule has 1 fully saturated rings. The smallest absolute Gasteiger partial charge is 0.152 e. The topological polar surface area (TPSA) is 24.9 Å². The fourth-order valence-electron chi connectivity index (χ4n) is 2.25. The second-order valence-corrected chi connectivity index (χ2v) is 7.23. The van der Waals surface area contributed by atoms with Crippen molar-refractivity contribution >= 4 is 22.9 Å². The lowest BCUT2D eigenvalue weighted by Gasteiger charge is -2.05. The number of halogens is 2. The van der Waals surface area contributed by atoms with Crippen LogP contribution in [0.2, 0.25) is 5.02 Å². The molecule has 1 N–H and O–H groups in total. The number of nitrogens with zero attached hydrogens (tertiary/aromatic N) is 1. The first-order valence-electron chi connectivity index (χ1n) is 7.23. The lowest BCUT2D eigenvalue weighted by atomic mass is 10.1. The number of thiazole rings is 1. The zero-order valence-corrected chi connectivity index (χ0v) is 13.7. The zero-order chi connectivity index (χ0) is 15.0. The Balaban J connectivity index is 1.94. The summed E-state index contributed by atoms with van der Waals surface area (Å²) in [4.78, 5) is 5.86. The first-order chi connectivity index (χ1) is 10.1. The van der Waals surface area contributed by atoms with Gasteiger partial charge in [-0.25, -0.2) is 9.37 Å². The van der Waals surface area contributed by atoms with Crippen LogP contribution in [0.3, 0.4) is 0 Å². The Morgan fingerprint density at radius 2 is 2.19 bits per heavy atom. The molecule has 1 aromatic carbocycles. The zero-order valence-electron chi connectivity index (χ0n) is 12.1. The Labute approximate surface area is 133 Å². The van der Waals surface area contributed by atoms with Gasteiger partial charge in [0.2, 0.25) is 0 Å². The van der Waals surface area contributed by atoms with Crippen LogP contribution in [0.4, 0.5) is 4.39 Å². The van der Waals surface area contributed by atoms with Crippen LogP contribution in [0.1, 0.15) is 43.2 Å². The van der Waals surface area contributed by atoms with E-state index < -0.39 is 0 Å². The summed E-state index contributed by atoms with van der Waals surface area (Å²) in [6.07, 6.45) is 2.51. The summed E-state index contributed by atoms with van der Waals surface area (Å²) >= 11 is 7.43. The van der Waals surface area contributed by atoms with Gasteiger partial charge in [-0.3, -0.25) is 0 Å². The van der Waals surface area contributed by atoms with E-state index in [4.69, 9.17) is 11.6 Å². The predicted octanol–water partition coefficient (Wildman–Crippen LogP) is 4.98. The van der Waals surface area contributed by atoms with E-state index in [2.05, 4.69) is 24.1 Å². The molecular weight excluding hydrogens is 307 g/mol. The number of nitrogens with one attached hydrogen (secondary N) is 1. The van der Waals surface area contributed by atoms with Crippen LogP contribution in [0, 0.1) is 5.82 Å². The summed E-state index contributed by atoms with van der Waals surface area (Å²) < 4.78 is 14.2. The Hall–Kier alpha value is -0.970. The molecule has 5 heteroatoms. The summed E-state index contributed by atoms with van der Waals surface area (Å²) in [6, 6.07) is 5.72. The molecule has 1 aromatic heterocycles. The summed E-state index contributed by atoms with van der Waals surface area (Å²) in [6.45, 7) is 5.06. The maximum absolute atomic E-state index is 14.2. The van der Waals surface area contributed by atoms with Crippen LogP contribution in [0.5, 0.6) is 0 Å². The van der Waals surface area contributed by atoms with Crippen LogP contribution in [0.25, 0.3) is 10.6 Å². The second kappa shape index (κ2) is 6.03. The van der Waals surface area contributed by atoms with Crippen molar-refractivity contribution in [1.82, 2.24) is 10.3 Å². The van der Waals surface area contributed by atoms with Crippen LogP contribution < -0.4 is 5.32 Å². The highest BCUT2D eigenvalue weighted by molar-refractivity contribution is 7.15. The third kappa shape index (κ3) is 3.28. The van der Waals surface area contributed by atoms with Gasteiger partial charge in [0.15, 0.2) is 5.82 Å². The molecule has 0 unspecified atom stereocenters. The lowest BCUT2D eigenvalue weighted by molar-refractivity contribution is 0.631. The highest BCUT2D eigenvalue weighted by atomic mass is 35.5. The van der Waals surface area contributed by atoms with Gasteiger partial charge >= 0.3 is 0 Å². The van der Waals surface area contributed by atoms with Crippen molar-refractivity contribution in [2.24, 2.45) is 0 Å². The van der Waals surface area contributed by atoms with Crippen LogP contribution >= 0.6 is 22.9 Å². The number of benzene rings is 1. The molecule has 0 amide bonds. The minimum atomic E-state index is -0.384. The fraction of sp³-hybridized carbons (Fsp3) is 0.438. The Morgan fingerprint density at radius 3 is 2.86 bits per heavy atom. The molecule has 1 aliphatic rings. The monoisotopic (exact) mass is 324 g/mol. The standard InChI is InChI=1S/C16H18ClFN2S/c1-9(2)15-13(8-19-10-6-7-10)21-16(20-15)11-4-3-5-12(17)14(11)18/h3-5,9-10,19H,6-8H2,1-2H3. The molecule has 2 nitrogen and oxygen atoms in total. The molecule has 21 heavy (non-hydrogen) atoms. The molecule has 3 rings (SSSR count). The van der Waals surface area contributed by atoms with Crippen molar-refractivity contribution in [2.75, 3.05) is 0 Å². The number of rotatable bonds is 5. The van der Waals surface area contributed by atoms with Crippen LogP contribution in [-0.2, 0) is 6.54 Å². The minimum absolute atomic E-state index is 0.145. The van der Waals surface area contributed by atoms with E-state index in [9.17, 15) is 4.39 Å². The Morgan fingerprint density at radius 1 is 1.43 bits per heavy atom. The summed E-state index contributed by atoms with van der Waals surface area (Å²) in [5.74, 6) is -0.0572. The third-order valence-electron chi connectivity index (χ3n) is 3.59.